The van der Waals surface area contributed by atoms with Crippen LogP contribution in [0.15, 0.2) is 54.1 Å². The van der Waals surface area contributed by atoms with Crippen LogP contribution >= 0.6 is 0 Å². The second-order valence-electron chi connectivity index (χ2n) is 19.3. The fourth-order valence-corrected chi connectivity index (χ4v) is 13.4. The van der Waals surface area contributed by atoms with E-state index in [1.165, 1.54) is 44.2 Å². The highest BCUT2D eigenvalue weighted by atomic mass is 16.6. The van der Waals surface area contributed by atoms with Gasteiger partial charge >= 0.3 is 11.9 Å². The van der Waals surface area contributed by atoms with Crippen molar-refractivity contribution < 1.29 is 34.4 Å². The van der Waals surface area contributed by atoms with Crippen LogP contribution in [0.25, 0.3) is 0 Å². The zero-order chi connectivity index (χ0) is 39.3. The number of ether oxygens (including phenoxy) is 2. The fourth-order valence-electron chi connectivity index (χ4n) is 13.4. The molecule has 4 fully saturated rings. The Labute approximate surface area is 329 Å². The molecule has 55 heavy (non-hydrogen) atoms. The predicted molar refractivity (Wildman–Crippen MR) is 212 cm³/mol. The number of benzene rings is 1. The normalized spacial score (nSPS) is 42.1. The molecule has 9 heteroatoms. The highest BCUT2D eigenvalue weighted by Gasteiger charge is 2.85. The second kappa shape index (κ2) is 15.3. The lowest BCUT2D eigenvalue weighted by Gasteiger charge is -2.77. The Morgan fingerprint density at radius 2 is 1.82 bits per heavy atom. The molecule has 0 aromatic heterocycles. The summed E-state index contributed by atoms with van der Waals surface area (Å²) in [6, 6.07) is 10.6. The van der Waals surface area contributed by atoms with Crippen LogP contribution in [0.1, 0.15) is 136 Å². The highest BCUT2D eigenvalue weighted by Crippen LogP contribution is 2.78. The molecule has 3 saturated carbocycles. The van der Waals surface area contributed by atoms with E-state index >= 15 is 0 Å². The lowest BCUT2D eigenvalue weighted by atomic mass is 9.30. The SMILES string of the molecule is CCCCC[C@H]1C[C@H]2NN[C@@]3(OC(C)=O)C[C@]4(C)C=C[C@@](O)(CC[C@H](C)CCCc5ccccc5)[C@@]5([C@@H](O)CC[C@@](C)([C@H]2C1)[C@@H]53)[C@@]4(O)CCC1=CC(=O)OC1. The molecule has 2 heterocycles. The molecule has 1 spiro atoms. The van der Waals surface area contributed by atoms with Crippen LogP contribution in [0.4, 0.5) is 0 Å². The van der Waals surface area contributed by atoms with Gasteiger partial charge in [0.2, 0.25) is 0 Å². The number of cyclic esters (lactones) is 1. The first-order chi connectivity index (χ1) is 26.2. The summed E-state index contributed by atoms with van der Waals surface area (Å²) >= 11 is 0. The van der Waals surface area contributed by atoms with Crippen LogP contribution in [0.2, 0.25) is 0 Å². The first kappa shape index (κ1) is 40.6. The lowest BCUT2D eigenvalue weighted by molar-refractivity contribution is -0.383. The quantitative estimate of drug-likeness (QED) is 0.0712. The van der Waals surface area contributed by atoms with E-state index in [4.69, 9.17) is 9.47 Å². The topological polar surface area (TPSA) is 137 Å². The number of rotatable bonds is 15. The van der Waals surface area contributed by atoms with Crippen LogP contribution in [-0.4, -0.2) is 62.9 Å². The third kappa shape index (κ3) is 6.75. The Bertz CT molecular complexity index is 1630. The van der Waals surface area contributed by atoms with E-state index in [9.17, 15) is 24.9 Å². The van der Waals surface area contributed by atoms with Gasteiger partial charge in [0.15, 0.2) is 5.72 Å². The maximum atomic E-state index is 14.0. The zero-order valence-electron chi connectivity index (χ0n) is 34.1. The molecule has 0 radical (unpaired) electrons. The lowest BCUT2D eigenvalue weighted by Crippen LogP contribution is -2.87. The average molecular weight is 761 g/mol. The molecule has 0 amide bonds. The summed E-state index contributed by atoms with van der Waals surface area (Å²) in [5, 5.41) is 40.7. The maximum Gasteiger partial charge on any atom is 0.331 e. The number of esters is 2. The number of fused-ring (bicyclic) bond motifs is 3. The molecule has 12 atom stereocenters. The largest absolute Gasteiger partial charge is 0.458 e. The molecule has 1 aromatic carbocycles. The van der Waals surface area contributed by atoms with Gasteiger partial charge in [-0.15, -0.1) is 0 Å². The molecule has 5 N–H and O–H groups in total. The first-order valence-electron chi connectivity index (χ1n) is 21.6. The molecular formula is C46H68N2O7. The number of nitrogens with one attached hydrogen (secondary N) is 2. The molecular weight excluding hydrogens is 693 g/mol. The van der Waals surface area contributed by atoms with Crippen LogP contribution in [0.5, 0.6) is 0 Å². The number of unbranched alkanes of at least 4 members (excludes halogenated alkanes) is 2. The van der Waals surface area contributed by atoms with Gasteiger partial charge in [0.1, 0.15) is 6.61 Å². The van der Waals surface area contributed by atoms with Crippen molar-refractivity contribution in [3.8, 4) is 0 Å². The van der Waals surface area contributed by atoms with Gasteiger partial charge in [-0.05, 0) is 98.5 Å². The van der Waals surface area contributed by atoms with Gasteiger partial charge in [-0.2, -0.15) is 0 Å². The first-order valence-corrected chi connectivity index (χ1v) is 21.6. The van der Waals surface area contributed by atoms with E-state index in [2.05, 4.69) is 55.9 Å². The Hall–Kier alpha value is -2.56. The molecule has 2 aliphatic heterocycles. The summed E-state index contributed by atoms with van der Waals surface area (Å²) in [5.74, 6) is -0.465. The van der Waals surface area contributed by atoms with Crippen LogP contribution < -0.4 is 10.9 Å². The molecule has 1 aromatic rings. The second-order valence-corrected chi connectivity index (χ2v) is 19.3. The number of carbonyl (C=O) groups excluding carboxylic acids is 2. The summed E-state index contributed by atoms with van der Waals surface area (Å²) < 4.78 is 11.9. The smallest absolute Gasteiger partial charge is 0.331 e. The van der Waals surface area contributed by atoms with Gasteiger partial charge in [0.05, 0.1) is 22.7 Å². The van der Waals surface area contributed by atoms with Crippen LogP contribution in [0.3, 0.4) is 0 Å². The molecule has 6 aliphatic rings. The molecule has 4 aliphatic carbocycles. The van der Waals surface area contributed by atoms with Gasteiger partial charge < -0.3 is 24.8 Å². The van der Waals surface area contributed by atoms with Gasteiger partial charge in [-0.3, -0.25) is 10.2 Å². The van der Waals surface area contributed by atoms with Crippen molar-refractivity contribution in [1.82, 2.24) is 10.9 Å². The fraction of sp³-hybridized carbons (Fsp3) is 0.739. The van der Waals surface area contributed by atoms with Crippen molar-refractivity contribution in [3.05, 3.63) is 59.7 Å². The summed E-state index contributed by atoms with van der Waals surface area (Å²) in [4.78, 5) is 25.6. The van der Waals surface area contributed by atoms with E-state index in [0.717, 1.165) is 37.7 Å². The predicted octanol–water partition coefficient (Wildman–Crippen LogP) is 7.24. The molecule has 7 rings (SSSR count). The van der Waals surface area contributed by atoms with Gasteiger partial charge in [-0.25, -0.2) is 10.2 Å². The van der Waals surface area contributed by atoms with E-state index in [1.54, 1.807) is 0 Å². The molecule has 9 nitrogen and oxygen atoms in total. The number of hydrogen-bond donors (Lipinski definition) is 5. The molecule has 2 bridgehead atoms. The zero-order valence-corrected chi connectivity index (χ0v) is 34.1. The minimum atomic E-state index is -1.64. The third-order valence-corrected chi connectivity index (χ3v) is 15.8. The van der Waals surface area contributed by atoms with Crippen molar-refractivity contribution in [3.63, 3.8) is 0 Å². The Morgan fingerprint density at radius 1 is 1.04 bits per heavy atom. The Balaban J connectivity index is 1.33. The summed E-state index contributed by atoms with van der Waals surface area (Å²) in [6.07, 6.45) is 17.1. The number of aliphatic hydroxyl groups is 3. The average Bonchev–Trinajstić information content (AvgIpc) is 3.75. The minimum absolute atomic E-state index is 0.111. The Kier molecular flexibility index (Phi) is 11.3. The van der Waals surface area contributed by atoms with Crippen molar-refractivity contribution in [2.24, 2.45) is 39.9 Å². The van der Waals surface area contributed by atoms with Crippen molar-refractivity contribution in [2.45, 2.75) is 166 Å². The monoisotopic (exact) mass is 761 g/mol. The van der Waals surface area contributed by atoms with Gasteiger partial charge in [0.25, 0.3) is 0 Å². The molecule has 1 saturated heterocycles. The van der Waals surface area contributed by atoms with Crippen molar-refractivity contribution in [1.29, 1.82) is 0 Å². The number of hydrazine groups is 1. The van der Waals surface area contributed by atoms with Crippen molar-refractivity contribution in [2.75, 3.05) is 6.61 Å². The standard InChI is InChI=1S/C46H68N2O7/c1-6-7-9-16-34-26-36-37(27-34)47-48-44(55-32(3)49)30-41(4)24-25-43(52,22-18-31(2)13-12-17-33-14-10-8-11-15-33)46(38(50)20-21-42(36,5)40(44)46)45(41,53)23-19-35-28-39(51)54-29-35/h8,10-11,14-15,24-25,28,31,34,36-38,40,47-48,50,52-53H,6-7,9,12-13,16-23,26-27,29-30H2,1-5H3/t31-,34-,36+,37-,38+,40-,41+,42+,43+,44-,45-,46+/m1/s1. The number of hydrogen-bond acceptors (Lipinski definition) is 9. The minimum Gasteiger partial charge on any atom is -0.458 e. The van der Waals surface area contributed by atoms with Gasteiger partial charge in [0, 0.05) is 36.8 Å². The number of aryl methyl sites for hydroxylation is 1. The van der Waals surface area contributed by atoms with Crippen molar-refractivity contribution >= 4 is 11.9 Å². The highest BCUT2D eigenvalue weighted by molar-refractivity contribution is 5.85. The maximum absolute atomic E-state index is 14.0. The summed E-state index contributed by atoms with van der Waals surface area (Å²) in [5.41, 5.74) is 1.85. The van der Waals surface area contributed by atoms with E-state index < -0.39 is 51.2 Å². The number of aliphatic hydroxyl groups excluding tert-OH is 1. The van der Waals surface area contributed by atoms with Crippen LogP contribution in [-0.2, 0) is 25.5 Å². The third-order valence-electron chi connectivity index (χ3n) is 15.8. The van der Waals surface area contributed by atoms with Gasteiger partial charge in [-0.1, -0.05) is 102 Å². The van der Waals surface area contributed by atoms with E-state index in [1.807, 2.05) is 25.1 Å². The molecule has 0 unspecified atom stereocenters. The summed E-state index contributed by atoms with van der Waals surface area (Å²) in [7, 11) is 0. The summed E-state index contributed by atoms with van der Waals surface area (Å²) in [6.45, 7) is 10.4. The van der Waals surface area contributed by atoms with E-state index in [-0.39, 0.29) is 43.3 Å². The van der Waals surface area contributed by atoms with E-state index in [0.29, 0.717) is 38.0 Å². The Morgan fingerprint density at radius 3 is 2.53 bits per heavy atom. The van der Waals surface area contributed by atoms with Crippen LogP contribution in [0, 0.1) is 39.9 Å². The molecule has 304 valence electrons. The number of carbonyl (C=O) groups is 2.